The lowest BCUT2D eigenvalue weighted by molar-refractivity contribution is 0.381. The van der Waals surface area contributed by atoms with Crippen LogP contribution >= 0.6 is 0 Å². The molecule has 0 spiro atoms. The molecule has 0 aromatic heterocycles. The number of para-hydroxylation sites is 1. The molecule has 30 heavy (non-hydrogen) atoms. The zero-order valence-electron chi connectivity index (χ0n) is 18.2. The lowest BCUT2D eigenvalue weighted by Crippen LogP contribution is -1.98. The Bertz CT molecular complexity index is 796. The molecule has 2 aromatic rings. The highest BCUT2D eigenvalue weighted by molar-refractivity contribution is 7.79. The number of unbranched alkanes of at least 4 members (excludes halogenated alkanes) is 7. The number of aryl methyl sites for hydroxylation is 1. The lowest BCUT2D eigenvalue weighted by atomic mass is 9.98. The molecule has 0 aliphatic heterocycles. The molecule has 0 saturated heterocycles. The summed E-state index contributed by atoms with van der Waals surface area (Å²) in [5.74, 6) is 1.96. The first-order valence-electron chi connectivity index (χ1n) is 10.9. The van der Waals surface area contributed by atoms with Crippen LogP contribution in [0.15, 0.2) is 48.5 Å². The molecule has 0 radical (unpaired) electrons. The van der Waals surface area contributed by atoms with Gasteiger partial charge in [0.1, 0.15) is 11.5 Å². The second-order valence-corrected chi connectivity index (χ2v) is 8.23. The quantitative estimate of drug-likeness (QED) is 0.274. The van der Waals surface area contributed by atoms with E-state index < -0.39 is 10.4 Å². The van der Waals surface area contributed by atoms with Gasteiger partial charge in [-0.2, -0.15) is 8.42 Å². The van der Waals surface area contributed by atoms with Crippen molar-refractivity contribution in [2.24, 2.45) is 0 Å². The van der Waals surface area contributed by atoms with Crippen molar-refractivity contribution in [1.29, 1.82) is 0 Å². The Morgan fingerprint density at radius 2 is 1.33 bits per heavy atom. The number of rotatable bonds is 12. The van der Waals surface area contributed by atoms with Gasteiger partial charge >= 0.3 is 10.4 Å². The fraction of sp³-hybridized carbons (Fsp3) is 0.500. The van der Waals surface area contributed by atoms with Crippen molar-refractivity contribution in [3.8, 4) is 11.5 Å². The van der Waals surface area contributed by atoms with E-state index in [1.54, 1.807) is 0 Å². The van der Waals surface area contributed by atoms with E-state index in [9.17, 15) is 0 Å². The zero-order chi connectivity index (χ0) is 22.2. The van der Waals surface area contributed by atoms with Gasteiger partial charge in [0.05, 0.1) is 0 Å². The van der Waals surface area contributed by atoms with E-state index >= 15 is 0 Å². The maximum atomic E-state index is 8.74. The van der Waals surface area contributed by atoms with E-state index in [0.717, 1.165) is 24.3 Å². The predicted molar refractivity (Wildman–Crippen MR) is 123 cm³/mol. The normalized spacial score (nSPS) is 10.9. The minimum Gasteiger partial charge on any atom is -0.457 e. The van der Waals surface area contributed by atoms with Gasteiger partial charge in [-0.3, -0.25) is 9.11 Å². The summed E-state index contributed by atoms with van der Waals surface area (Å²) in [6.07, 6.45) is 13.1. The molecular weight excluding hydrogens is 400 g/mol. The van der Waals surface area contributed by atoms with E-state index in [1.165, 1.54) is 62.5 Å². The molecule has 0 aliphatic rings. The number of benzene rings is 2. The van der Waals surface area contributed by atoms with Gasteiger partial charge in [-0.1, -0.05) is 89.1 Å². The van der Waals surface area contributed by atoms with Crippen LogP contribution in [0.4, 0.5) is 0 Å². The highest BCUT2D eigenvalue weighted by Gasteiger charge is 2.09. The van der Waals surface area contributed by atoms with Gasteiger partial charge in [-0.25, -0.2) is 0 Å². The summed E-state index contributed by atoms with van der Waals surface area (Å²) in [5.41, 5.74) is 2.83. The molecule has 0 unspecified atom stereocenters. The predicted octanol–water partition coefficient (Wildman–Crippen LogP) is 7.07. The molecule has 2 aromatic carbocycles. The van der Waals surface area contributed by atoms with Gasteiger partial charge < -0.3 is 4.74 Å². The van der Waals surface area contributed by atoms with Crippen LogP contribution in [0.5, 0.6) is 11.5 Å². The summed E-state index contributed by atoms with van der Waals surface area (Å²) >= 11 is 0. The number of ether oxygens (including phenoxy) is 1. The molecule has 0 saturated carbocycles. The first kappa shape index (κ1) is 26.1. The van der Waals surface area contributed by atoms with Crippen LogP contribution in [-0.2, 0) is 23.2 Å². The zero-order valence-corrected chi connectivity index (χ0v) is 19.0. The summed E-state index contributed by atoms with van der Waals surface area (Å²) in [6, 6.07) is 16.6. The topological polar surface area (TPSA) is 83.8 Å². The molecular formula is C24H36O5S. The number of hydrogen-bond donors (Lipinski definition) is 2. The molecule has 0 heterocycles. The van der Waals surface area contributed by atoms with Crippen LogP contribution in [0.3, 0.4) is 0 Å². The third kappa shape index (κ3) is 12.6. The average molecular weight is 437 g/mol. The van der Waals surface area contributed by atoms with E-state index in [2.05, 4.69) is 32.0 Å². The summed E-state index contributed by atoms with van der Waals surface area (Å²) in [6.45, 7) is 4.51. The lowest BCUT2D eigenvalue weighted by Gasteiger charge is -2.15. The largest absolute Gasteiger partial charge is 0.457 e. The van der Waals surface area contributed by atoms with Crippen LogP contribution in [0, 0.1) is 0 Å². The van der Waals surface area contributed by atoms with Crippen LogP contribution in [-0.4, -0.2) is 17.5 Å². The van der Waals surface area contributed by atoms with Gasteiger partial charge in [0.15, 0.2) is 0 Å². The van der Waals surface area contributed by atoms with Gasteiger partial charge in [-0.05, 0) is 48.6 Å². The monoisotopic (exact) mass is 436 g/mol. The van der Waals surface area contributed by atoms with E-state index in [0.29, 0.717) is 0 Å². The standard InChI is InChI=1S/C24H34O.H2O4S/c1-3-5-6-7-8-9-10-14-19-23-21(4-2)16-15-20-24(23)25-22-17-12-11-13-18-22;1-5(2,3)4/h11-13,15-18,20H,3-10,14,19H2,1-2H3;(H2,1,2,3,4). The van der Waals surface area contributed by atoms with Gasteiger partial charge in [0.25, 0.3) is 0 Å². The van der Waals surface area contributed by atoms with Gasteiger partial charge in [-0.15, -0.1) is 0 Å². The SMILES string of the molecule is CCCCCCCCCCc1c(CC)cccc1Oc1ccccc1.O=S(=O)(O)O. The fourth-order valence-corrected chi connectivity index (χ4v) is 3.37. The second-order valence-electron chi connectivity index (χ2n) is 7.34. The molecule has 0 amide bonds. The fourth-order valence-electron chi connectivity index (χ4n) is 3.37. The average Bonchev–Trinajstić information content (AvgIpc) is 2.70. The van der Waals surface area contributed by atoms with Gasteiger partial charge in [0.2, 0.25) is 0 Å². The summed E-state index contributed by atoms with van der Waals surface area (Å²) in [7, 11) is -4.67. The van der Waals surface area contributed by atoms with Crippen molar-refractivity contribution >= 4 is 10.4 Å². The maximum absolute atomic E-state index is 8.74. The van der Waals surface area contributed by atoms with Crippen molar-refractivity contribution in [3.05, 3.63) is 59.7 Å². The Morgan fingerprint density at radius 1 is 0.767 bits per heavy atom. The third-order valence-electron chi connectivity index (χ3n) is 4.86. The molecule has 0 bridgehead atoms. The first-order chi connectivity index (χ1) is 14.3. The van der Waals surface area contributed by atoms with E-state index in [1.807, 2.05) is 30.3 Å². The van der Waals surface area contributed by atoms with Crippen molar-refractivity contribution in [2.45, 2.75) is 78.1 Å². The highest BCUT2D eigenvalue weighted by atomic mass is 32.3. The van der Waals surface area contributed by atoms with E-state index in [4.69, 9.17) is 22.3 Å². The molecule has 2 N–H and O–H groups in total. The van der Waals surface area contributed by atoms with Crippen LogP contribution in [0.1, 0.15) is 76.3 Å². The summed E-state index contributed by atoms with van der Waals surface area (Å²) in [4.78, 5) is 0. The van der Waals surface area contributed by atoms with Crippen molar-refractivity contribution in [3.63, 3.8) is 0 Å². The van der Waals surface area contributed by atoms with Crippen LogP contribution in [0.2, 0.25) is 0 Å². The molecule has 0 aliphatic carbocycles. The van der Waals surface area contributed by atoms with Gasteiger partial charge in [0, 0.05) is 0 Å². The molecule has 168 valence electrons. The third-order valence-corrected chi connectivity index (χ3v) is 4.86. The van der Waals surface area contributed by atoms with E-state index in [-0.39, 0.29) is 0 Å². The summed E-state index contributed by atoms with van der Waals surface area (Å²) in [5, 5.41) is 0. The Kier molecular flexibility index (Phi) is 13.1. The van der Waals surface area contributed by atoms with Crippen molar-refractivity contribution in [1.82, 2.24) is 0 Å². The van der Waals surface area contributed by atoms with Crippen LogP contribution in [0.25, 0.3) is 0 Å². The Morgan fingerprint density at radius 3 is 1.90 bits per heavy atom. The minimum atomic E-state index is -4.67. The Labute approximate surface area is 182 Å². The first-order valence-corrected chi connectivity index (χ1v) is 12.3. The highest BCUT2D eigenvalue weighted by Crippen LogP contribution is 2.29. The smallest absolute Gasteiger partial charge is 0.394 e. The Hall–Kier alpha value is -1.89. The second kappa shape index (κ2) is 15.0. The maximum Gasteiger partial charge on any atom is 0.394 e. The summed E-state index contributed by atoms with van der Waals surface area (Å²) < 4.78 is 37.8. The minimum absolute atomic E-state index is 0.924. The van der Waals surface area contributed by atoms with Crippen LogP contribution < -0.4 is 4.74 Å². The van der Waals surface area contributed by atoms with Crippen molar-refractivity contribution < 1.29 is 22.3 Å². The Balaban J connectivity index is 0.000000804. The molecule has 0 atom stereocenters. The molecule has 0 fully saturated rings. The number of hydrogen-bond acceptors (Lipinski definition) is 3. The molecule has 5 nitrogen and oxygen atoms in total. The van der Waals surface area contributed by atoms with Crippen molar-refractivity contribution in [2.75, 3.05) is 0 Å². The molecule has 2 rings (SSSR count). The molecule has 6 heteroatoms.